The number of hydrogen-bond donors (Lipinski definition) is 2. The van der Waals surface area contributed by atoms with Gasteiger partial charge in [-0.25, -0.2) is 4.79 Å². The van der Waals surface area contributed by atoms with Crippen molar-refractivity contribution in [3.63, 3.8) is 0 Å². The number of aryl methyl sites for hydroxylation is 2. The Balaban J connectivity index is 0.888. The SMILES string of the molecule is COc1cc2nn(C3CCC(CN4CCC(c5c(C)ccc6c5n(C)c(=O)n6C5CCC(=O)NC5=O)CC4)CC3)cc2cc1NC(=O)c1cncc(C(F)(F)F)c1. The van der Waals surface area contributed by atoms with E-state index in [9.17, 15) is 32.3 Å². The summed E-state index contributed by atoms with van der Waals surface area (Å²) in [7, 11) is 3.23. The maximum absolute atomic E-state index is 13.5. The topological polar surface area (TPSA) is 145 Å². The van der Waals surface area contributed by atoms with E-state index in [1.807, 2.05) is 23.0 Å². The number of carbonyl (C=O) groups excluding carboxylic acids is 3. The van der Waals surface area contributed by atoms with Crippen molar-refractivity contribution < 1.29 is 32.3 Å². The summed E-state index contributed by atoms with van der Waals surface area (Å²) >= 11 is 0. The summed E-state index contributed by atoms with van der Waals surface area (Å²) in [6.45, 7) is 5.02. The van der Waals surface area contributed by atoms with Gasteiger partial charge >= 0.3 is 11.9 Å². The quantitative estimate of drug-likeness (QED) is 0.176. The van der Waals surface area contributed by atoms with Crippen molar-refractivity contribution in [3.05, 3.63) is 81.7 Å². The van der Waals surface area contributed by atoms with Crippen molar-refractivity contribution in [1.29, 1.82) is 0 Å². The first-order chi connectivity index (χ1) is 27.3. The highest BCUT2D eigenvalue weighted by Crippen LogP contribution is 2.39. The van der Waals surface area contributed by atoms with Gasteiger partial charge in [-0.3, -0.25) is 38.5 Å². The number of hydrogen-bond acceptors (Lipinski definition) is 8. The number of aromatic nitrogens is 5. The number of nitrogens with zero attached hydrogens (tertiary/aromatic N) is 6. The molecule has 57 heavy (non-hydrogen) atoms. The number of anilines is 1. The van der Waals surface area contributed by atoms with Crippen molar-refractivity contribution >= 4 is 45.3 Å². The molecular formula is C41H45F3N8O5. The predicted molar refractivity (Wildman–Crippen MR) is 206 cm³/mol. The maximum atomic E-state index is 13.5. The smallest absolute Gasteiger partial charge is 0.417 e. The molecule has 3 amide bonds. The van der Waals surface area contributed by atoms with Gasteiger partial charge in [-0.1, -0.05) is 6.07 Å². The van der Waals surface area contributed by atoms with Gasteiger partial charge in [0.05, 0.1) is 46.5 Å². The molecule has 3 aliphatic rings. The number of piperidine rings is 2. The zero-order valence-corrected chi connectivity index (χ0v) is 32.1. The van der Waals surface area contributed by atoms with Crippen LogP contribution in [0.15, 0.2) is 53.7 Å². The van der Waals surface area contributed by atoms with E-state index < -0.39 is 29.6 Å². The lowest BCUT2D eigenvalue weighted by Crippen LogP contribution is -2.44. The number of pyridine rings is 1. The number of benzene rings is 2. The van der Waals surface area contributed by atoms with Crippen LogP contribution in [0.1, 0.15) is 96.4 Å². The Bertz CT molecular complexity index is 2440. The van der Waals surface area contributed by atoms with E-state index in [2.05, 4.69) is 27.4 Å². The second-order valence-corrected chi connectivity index (χ2v) is 15.7. The maximum Gasteiger partial charge on any atom is 0.417 e. The summed E-state index contributed by atoms with van der Waals surface area (Å²) < 4.78 is 50.3. The van der Waals surface area contributed by atoms with Crippen LogP contribution in [0.5, 0.6) is 5.75 Å². The summed E-state index contributed by atoms with van der Waals surface area (Å²) in [5, 5.41) is 10.7. The summed E-state index contributed by atoms with van der Waals surface area (Å²) in [6.07, 6.45) is 5.60. The standard InChI is InChI=1S/C41H45F3N8O5/c1-23-4-9-32-37(49(2)40(56)52(32)33-10-11-35(53)47-39(33)55)36(23)25-12-14-50(15-13-25)21-24-5-7-29(8-6-24)51-22-27-17-31(34(57-3)18-30(27)48-51)46-38(54)26-16-28(20-45-19-26)41(42,43)44/h4,9,16-20,22,24-25,29,33H,5-8,10-15,21H2,1-3H3,(H,46,54)(H,47,53,55). The van der Waals surface area contributed by atoms with Gasteiger partial charge in [0, 0.05) is 50.1 Å². The molecule has 2 aliphatic heterocycles. The third-order valence-electron chi connectivity index (χ3n) is 12.1. The molecule has 0 spiro atoms. The van der Waals surface area contributed by atoms with Crippen molar-refractivity contribution in [3.8, 4) is 5.75 Å². The molecule has 300 valence electrons. The fourth-order valence-electron chi connectivity index (χ4n) is 9.15. The van der Waals surface area contributed by atoms with Crippen LogP contribution >= 0.6 is 0 Å². The fourth-order valence-corrected chi connectivity index (χ4v) is 9.15. The normalized spacial score (nSPS) is 21.3. The average Bonchev–Trinajstić information content (AvgIpc) is 3.72. The Morgan fingerprint density at radius 1 is 1.00 bits per heavy atom. The Hall–Kier alpha value is -5.51. The van der Waals surface area contributed by atoms with Gasteiger partial charge in [-0.2, -0.15) is 18.3 Å². The van der Waals surface area contributed by atoms with Crippen molar-refractivity contribution in [2.75, 3.05) is 32.1 Å². The molecule has 3 fully saturated rings. The highest BCUT2D eigenvalue weighted by Gasteiger charge is 2.35. The minimum atomic E-state index is -4.62. The van der Waals surface area contributed by atoms with E-state index in [0.29, 0.717) is 35.5 Å². The summed E-state index contributed by atoms with van der Waals surface area (Å²) in [6, 6.07) is 7.68. The Kier molecular flexibility index (Phi) is 10.2. The van der Waals surface area contributed by atoms with Crippen LogP contribution in [0, 0.1) is 12.8 Å². The molecule has 2 saturated heterocycles. The summed E-state index contributed by atoms with van der Waals surface area (Å²) in [5.41, 5.74) is 3.46. The van der Waals surface area contributed by atoms with Crippen LogP contribution in [0.3, 0.4) is 0 Å². The van der Waals surface area contributed by atoms with Crippen molar-refractivity contribution in [2.24, 2.45) is 13.0 Å². The van der Waals surface area contributed by atoms with Crippen LogP contribution in [-0.4, -0.2) is 73.3 Å². The van der Waals surface area contributed by atoms with Crippen LogP contribution in [-0.2, 0) is 22.8 Å². The van der Waals surface area contributed by atoms with E-state index in [-0.39, 0.29) is 35.5 Å². The molecule has 0 bridgehead atoms. The van der Waals surface area contributed by atoms with E-state index in [4.69, 9.17) is 9.84 Å². The lowest BCUT2D eigenvalue weighted by molar-refractivity contribution is -0.138. The van der Waals surface area contributed by atoms with Crippen LogP contribution in [0.25, 0.3) is 21.9 Å². The molecule has 1 unspecified atom stereocenters. The number of fused-ring (bicyclic) bond motifs is 2. The Morgan fingerprint density at radius 2 is 1.75 bits per heavy atom. The molecular weight excluding hydrogens is 741 g/mol. The first-order valence-electron chi connectivity index (χ1n) is 19.5. The van der Waals surface area contributed by atoms with Gasteiger partial charge in [-0.05, 0) is 106 Å². The number of carbonyl (C=O) groups is 3. The number of halogens is 3. The van der Waals surface area contributed by atoms with E-state index in [1.165, 1.54) is 12.7 Å². The number of imide groups is 1. The highest BCUT2D eigenvalue weighted by molar-refractivity contribution is 6.06. The first kappa shape index (κ1) is 38.4. The first-order valence-corrected chi connectivity index (χ1v) is 19.5. The number of rotatable bonds is 8. The van der Waals surface area contributed by atoms with Gasteiger partial charge < -0.3 is 15.0 Å². The third-order valence-corrected chi connectivity index (χ3v) is 12.1. The zero-order valence-electron chi connectivity index (χ0n) is 32.1. The van der Waals surface area contributed by atoms with Crippen molar-refractivity contribution in [1.82, 2.24) is 34.1 Å². The highest BCUT2D eigenvalue weighted by atomic mass is 19.4. The molecule has 8 rings (SSSR count). The van der Waals surface area contributed by atoms with Gasteiger partial charge in [0.15, 0.2) is 0 Å². The molecule has 2 N–H and O–H groups in total. The minimum absolute atomic E-state index is 0.203. The third kappa shape index (κ3) is 7.42. The van der Waals surface area contributed by atoms with E-state index in [1.54, 1.807) is 28.3 Å². The molecule has 3 aromatic heterocycles. The molecule has 1 aliphatic carbocycles. The molecule has 5 heterocycles. The average molecular weight is 787 g/mol. The van der Waals surface area contributed by atoms with Crippen LogP contribution in [0.2, 0.25) is 0 Å². The van der Waals surface area contributed by atoms with Gasteiger partial charge in [-0.15, -0.1) is 0 Å². The number of ether oxygens (including phenoxy) is 1. The second-order valence-electron chi connectivity index (χ2n) is 15.7. The Labute approximate surface area is 326 Å². The summed E-state index contributed by atoms with van der Waals surface area (Å²) in [4.78, 5) is 57.2. The molecule has 13 nitrogen and oxygen atoms in total. The molecule has 1 saturated carbocycles. The zero-order chi connectivity index (χ0) is 40.2. The number of likely N-dealkylation sites (tertiary alicyclic amines) is 1. The number of methoxy groups -OCH3 is 1. The van der Waals surface area contributed by atoms with E-state index >= 15 is 0 Å². The fraction of sp³-hybridized carbons (Fsp3) is 0.463. The Morgan fingerprint density at radius 3 is 2.46 bits per heavy atom. The van der Waals surface area contributed by atoms with Crippen LogP contribution in [0.4, 0.5) is 18.9 Å². The molecule has 16 heteroatoms. The summed E-state index contributed by atoms with van der Waals surface area (Å²) in [5.74, 6) is -0.291. The van der Waals surface area contributed by atoms with Gasteiger partial charge in [0.1, 0.15) is 11.8 Å². The van der Waals surface area contributed by atoms with Crippen molar-refractivity contribution in [2.45, 2.75) is 82.5 Å². The van der Waals surface area contributed by atoms with Crippen LogP contribution < -0.4 is 21.1 Å². The predicted octanol–water partition coefficient (Wildman–Crippen LogP) is 6.26. The molecule has 5 aromatic rings. The largest absolute Gasteiger partial charge is 0.494 e. The monoisotopic (exact) mass is 786 g/mol. The van der Waals surface area contributed by atoms with E-state index in [0.717, 1.165) is 92.4 Å². The molecule has 2 aromatic carbocycles. The molecule has 1 atom stereocenters. The van der Waals surface area contributed by atoms with Gasteiger partial charge in [0.2, 0.25) is 11.8 Å². The number of imidazole rings is 1. The lowest BCUT2D eigenvalue weighted by atomic mass is 9.83. The number of amides is 3. The number of alkyl halides is 3. The lowest BCUT2D eigenvalue weighted by Gasteiger charge is -2.37. The minimum Gasteiger partial charge on any atom is -0.494 e. The second kappa shape index (κ2) is 15.1. The number of nitrogens with one attached hydrogen (secondary N) is 2. The van der Waals surface area contributed by atoms with Gasteiger partial charge in [0.25, 0.3) is 5.91 Å². The molecule has 0 radical (unpaired) electrons.